The zero-order chi connectivity index (χ0) is 63.1. The number of hydrogen-bond acceptors (Lipinski definition) is 21. The van der Waals surface area contributed by atoms with Gasteiger partial charge in [0.2, 0.25) is 23.6 Å². The number of anilines is 1. The minimum absolute atomic E-state index is 0.152. The maximum Gasteiger partial charge on any atom is 0.317 e. The van der Waals surface area contributed by atoms with Gasteiger partial charge in [-0.2, -0.15) is 0 Å². The van der Waals surface area contributed by atoms with Crippen molar-refractivity contribution in [3.8, 4) is 0 Å². The van der Waals surface area contributed by atoms with Crippen LogP contribution in [0.1, 0.15) is 77.2 Å². The second-order valence-electron chi connectivity index (χ2n) is 19.8. The van der Waals surface area contributed by atoms with Gasteiger partial charge in [0.05, 0.1) is 158 Å². The van der Waals surface area contributed by atoms with Crippen LogP contribution in [-0.4, -0.2) is 265 Å². The smallest absolute Gasteiger partial charge is 0.317 e. The molecule has 3 atom stereocenters. The second kappa shape index (κ2) is 55.1. The molecule has 0 fully saturated rings. The number of likely N-dealkylation sites (N-methyl/N-ethyl adjacent to an activating group) is 1. The van der Waals surface area contributed by atoms with Crippen LogP contribution in [0.4, 0.5) is 10.5 Å². The van der Waals surface area contributed by atoms with Crippen molar-refractivity contribution in [2.75, 3.05) is 190 Å². The summed E-state index contributed by atoms with van der Waals surface area (Å²) in [6.07, 6.45) is 5.26. The number of unbranched alkanes of at least 4 members (excludes halogenated alkanes) is 3. The van der Waals surface area contributed by atoms with Gasteiger partial charge in [0, 0.05) is 45.0 Å². The van der Waals surface area contributed by atoms with E-state index in [2.05, 4.69) is 31.9 Å². The number of ether oxygens (including phenoxy) is 11. The third-order valence-electron chi connectivity index (χ3n) is 12.3. The minimum atomic E-state index is -1.10. The predicted octanol–water partition coefficient (Wildman–Crippen LogP) is 0.280. The molecule has 11 N–H and O–H groups in total. The first-order chi connectivity index (χ1) is 41.7. The number of carbonyl (C=O) groups excluding carboxylic acids is 5. The van der Waals surface area contributed by atoms with Gasteiger partial charge in [0.25, 0.3) is 0 Å². The van der Waals surface area contributed by atoms with Gasteiger partial charge < -0.3 is 105 Å². The third-order valence-corrected chi connectivity index (χ3v) is 12.3. The molecule has 0 saturated carbocycles. The van der Waals surface area contributed by atoms with E-state index in [9.17, 15) is 38.7 Å². The molecule has 0 unspecified atom stereocenters. The molecule has 0 aliphatic heterocycles. The summed E-state index contributed by atoms with van der Waals surface area (Å²) < 4.78 is 60.6. The first-order valence-electron chi connectivity index (χ1n) is 29.8. The Morgan fingerprint density at radius 1 is 0.488 bits per heavy atom. The molecule has 6 amide bonds. The molecule has 29 heteroatoms. The van der Waals surface area contributed by atoms with Crippen LogP contribution < -0.4 is 37.6 Å². The Bertz CT molecular complexity index is 1900. The van der Waals surface area contributed by atoms with E-state index in [1.807, 2.05) is 0 Å². The van der Waals surface area contributed by atoms with Gasteiger partial charge in [0.15, 0.2) is 0 Å². The molecule has 0 heterocycles. The van der Waals surface area contributed by atoms with E-state index >= 15 is 0 Å². The lowest BCUT2D eigenvalue weighted by molar-refractivity contribution is -0.142. The lowest BCUT2D eigenvalue weighted by atomic mass is 10.0. The fourth-order valence-electron chi connectivity index (χ4n) is 7.68. The van der Waals surface area contributed by atoms with Gasteiger partial charge in [-0.05, 0) is 82.0 Å². The van der Waals surface area contributed by atoms with Crippen molar-refractivity contribution in [2.24, 2.45) is 11.7 Å². The highest BCUT2D eigenvalue weighted by Crippen LogP contribution is 2.13. The Balaban J connectivity index is 1.95. The Morgan fingerprint density at radius 3 is 1.35 bits per heavy atom. The number of hydrogen-bond donors (Lipinski definition) is 10. The molecule has 86 heavy (non-hydrogen) atoms. The zero-order valence-corrected chi connectivity index (χ0v) is 51.0. The number of rotatable bonds is 61. The highest BCUT2D eigenvalue weighted by molar-refractivity contribution is 5.98. The number of aliphatic hydroxyl groups excluding tert-OH is 1. The molecule has 0 aromatic heterocycles. The normalized spacial score (nSPS) is 12.4. The molecular weight excluding hydrogens is 1130 g/mol. The molecule has 0 aliphatic rings. The summed E-state index contributed by atoms with van der Waals surface area (Å²) in [6, 6.07) is 3.32. The van der Waals surface area contributed by atoms with E-state index in [-0.39, 0.29) is 76.6 Å². The van der Waals surface area contributed by atoms with Crippen molar-refractivity contribution in [3.63, 3.8) is 0 Å². The summed E-state index contributed by atoms with van der Waals surface area (Å²) in [5, 5.41) is 43.7. The summed E-state index contributed by atoms with van der Waals surface area (Å²) in [5.74, 6) is -4.08. The fraction of sp³-hybridized carbons (Fsp3) is 0.772. The molecule has 29 nitrogen and oxygen atoms in total. The van der Waals surface area contributed by atoms with Gasteiger partial charge in [-0.25, -0.2) is 4.79 Å². The maximum atomic E-state index is 13.6. The van der Waals surface area contributed by atoms with Crippen molar-refractivity contribution in [1.82, 2.24) is 31.5 Å². The molecule has 1 rings (SSSR count). The Kier molecular flexibility index (Phi) is 50.5. The Labute approximate surface area is 506 Å². The predicted molar refractivity (Wildman–Crippen MR) is 315 cm³/mol. The number of carboxylic acids is 2. The molecule has 496 valence electrons. The Morgan fingerprint density at radius 2 is 0.919 bits per heavy atom. The van der Waals surface area contributed by atoms with E-state index in [0.29, 0.717) is 176 Å². The van der Waals surface area contributed by atoms with E-state index in [1.54, 1.807) is 45.2 Å². The van der Waals surface area contributed by atoms with Crippen molar-refractivity contribution in [1.29, 1.82) is 0 Å². The number of nitrogens with zero attached hydrogens (tertiary/aromatic N) is 1. The van der Waals surface area contributed by atoms with E-state index in [4.69, 9.17) is 68.1 Å². The molecule has 0 saturated heterocycles. The first kappa shape index (κ1) is 78.8. The fourth-order valence-corrected chi connectivity index (χ4v) is 7.68. The number of aliphatic carboxylic acids is 2. The number of nitrogens with two attached hydrogens (primary N) is 1. The second-order valence-corrected chi connectivity index (χ2v) is 19.8. The number of amides is 6. The van der Waals surface area contributed by atoms with Crippen LogP contribution >= 0.6 is 0 Å². The highest BCUT2D eigenvalue weighted by atomic mass is 16.6. The summed E-state index contributed by atoms with van der Waals surface area (Å²) >= 11 is 0. The number of urea groups is 1. The third kappa shape index (κ3) is 46.9. The van der Waals surface area contributed by atoms with Gasteiger partial charge in [-0.1, -0.05) is 26.0 Å². The van der Waals surface area contributed by atoms with Crippen molar-refractivity contribution >= 4 is 47.3 Å². The molecule has 0 spiro atoms. The summed E-state index contributed by atoms with van der Waals surface area (Å²) in [4.78, 5) is 86.7. The average molecular weight is 1240 g/mol. The molecule has 0 aliphatic carbocycles. The number of benzene rings is 1. The van der Waals surface area contributed by atoms with Crippen LogP contribution in [0.15, 0.2) is 24.3 Å². The molecule has 1 aromatic rings. The zero-order valence-electron chi connectivity index (χ0n) is 51.0. The lowest BCUT2D eigenvalue weighted by Crippen LogP contribution is -2.57. The summed E-state index contributed by atoms with van der Waals surface area (Å²) in [6.45, 7) is 12.9. The van der Waals surface area contributed by atoms with E-state index in [0.717, 1.165) is 19.3 Å². The maximum absolute atomic E-state index is 13.6. The van der Waals surface area contributed by atoms with Gasteiger partial charge >= 0.3 is 18.0 Å². The van der Waals surface area contributed by atoms with Crippen molar-refractivity contribution in [2.45, 2.75) is 96.4 Å². The van der Waals surface area contributed by atoms with Crippen LogP contribution in [0.25, 0.3) is 0 Å². The van der Waals surface area contributed by atoms with E-state index < -0.39 is 47.9 Å². The van der Waals surface area contributed by atoms with Crippen LogP contribution in [0.3, 0.4) is 0 Å². The van der Waals surface area contributed by atoms with Gasteiger partial charge in [0.1, 0.15) is 12.1 Å². The van der Waals surface area contributed by atoms with Gasteiger partial charge in [-0.3, -0.25) is 33.7 Å². The molecule has 0 radical (unpaired) electrons. The lowest BCUT2D eigenvalue weighted by Gasteiger charge is -2.27. The number of aliphatic hydroxyl groups is 1. The Hall–Kier alpha value is -5.25. The number of carboxylic acid groups (broad SMARTS) is 2. The van der Waals surface area contributed by atoms with Crippen molar-refractivity contribution in [3.05, 3.63) is 29.8 Å². The SMILES string of the molecule is CN[C@@H](CCCCNC(=O)CCOCCOCCOCCOCCOCCCCCOCCOCCOCCOCCOCCOCCN(CC(=O)O)CC(=O)O)C(=O)N[C@H](C(=O)N[C@@H](CCCNC(N)=O)C(=O)Nc1ccc(CO)cc1)C(C)C. The minimum Gasteiger partial charge on any atom is -0.480 e. The first-order valence-corrected chi connectivity index (χ1v) is 29.8. The van der Waals surface area contributed by atoms with Crippen LogP contribution in [0.5, 0.6) is 0 Å². The summed E-state index contributed by atoms with van der Waals surface area (Å²) in [7, 11) is 1.65. The monoisotopic (exact) mass is 1230 g/mol. The largest absolute Gasteiger partial charge is 0.480 e. The van der Waals surface area contributed by atoms with Gasteiger partial charge in [-0.15, -0.1) is 0 Å². The molecule has 0 bridgehead atoms. The van der Waals surface area contributed by atoms with Crippen molar-refractivity contribution < 1.29 is 101 Å². The standard InChI is InChI=1S/C57H102N8O21/c1-45(2)53(56(74)63-49(11-9-18-61-57(58)75)55(73)62-47-14-12-46(44-66)13-15-47)64-54(72)48(59-3)10-5-6-17-60-50(67)16-22-78-26-30-82-34-38-84-36-32-80-28-24-76-20-7-4-8-21-77-25-29-81-33-37-85-40-41-86-39-35-83-31-27-79-23-19-65(42-51(68)69)43-52(70)71/h12-15,45,48-49,53,59,66H,4-11,16-44H2,1-3H3,(H,60,67)(H,62,73)(H,63,74)(H,64,72)(H,68,69)(H,70,71)(H3,58,61,75)/t48-,49-,53-/m0/s1. The average Bonchev–Trinajstić information content (AvgIpc) is 3.36. The summed E-state index contributed by atoms with van der Waals surface area (Å²) in [5.41, 5.74) is 6.30. The highest BCUT2D eigenvalue weighted by Gasteiger charge is 2.30. The topological polar surface area (TPSA) is 383 Å². The number of primary amides is 1. The molecular formula is C57H102N8O21. The number of nitrogens with one attached hydrogen (secondary N) is 6. The van der Waals surface area contributed by atoms with Crippen LogP contribution in [-0.2, 0) is 87.5 Å². The molecule has 1 aromatic carbocycles. The number of carbonyl (C=O) groups is 7. The quantitative estimate of drug-likeness (QED) is 0.0392. The van der Waals surface area contributed by atoms with Crippen LogP contribution in [0.2, 0.25) is 0 Å². The van der Waals surface area contributed by atoms with Crippen LogP contribution in [0, 0.1) is 5.92 Å². The van der Waals surface area contributed by atoms with E-state index in [1.165, 1.54) is 4.90 Å².